The molecule has 0 aliphatic heterocycles. The average Bonchev–Trinajstić information content (AvgIpc) is 2.66. The van der Waals surface area contributed by atoms with Gasteiger partial charge in [-0.15, -0.1) is 11.3 Å². The molecule has 0 fully saturated rings. The van der Waals surface area contributed by atoms with Gasteiger partial charge in [0, 0.05) is 18.0 Å². The zero-order valence-electron chi connectivity index (χ0n) is 9.14. The van der Waals surface area contributed by atoms with Crippen molar-refractivity contribution in [2.75, 3.05) is 12.3 Å². The van der Waals surface area contributed by atoms with Crippen molar-refractivity contribution in [3.05, 3.63) is 22.4 Å². The largest absolute Gasteiger partial charge is 0.214 e. The van der Waals surface area contributed by atoms with Gasteiger partial charge >= 0.3 is 0 Å². The van der Waals surface area contributed by atoms with Crippen molar-refractivity contribution in [2.45, 2.75) is 26.8 Å². The fourth-order valence-corrected chi connectivity index (χ4v) is 3.67. The lowest BCUT2D eigenvalue weighted by Crippen LogP contribution is -2.31. The summed E-state index contributed by atoms with van der Waals surface area (Å²) in [6.07, 6.45) is 0.670. The highest BCUT2D eigenvalue weighted by Gasteiger charge is 2.19. The number of sulfonamides is 1. The van der Waals surface area contributed by atoms with Gasteiger partial charge in [0.05, 0.1) is 5.75 Å². The zero-order valence-corrected chi connectivity index (χ0v) is 10.8. The Bertz CT molecular complexity index is 370. The molecular weight excluding hydrogens is 230 g/mol. The first-order valence-corrected chi connectivity index (χ1v) is 7.59. The molecule has 3 nitrogen and oxygen atoms in total. The Kier molecular flexibility index (Phi) is 4.76. The predicted octanol–water partition coefficient (Wildman–Crippen LogP) is 2.31. The molecule has 1 rings (SSSR count). The normalized spacial score (nSPS) is 12.2. The lowest BCUT2D eigenvalue weighted by Gasteiger charge is -2.19. The van der Waals surface area contributed by atoms with E-state index in [2.05, 4.69) is 0 Å². The van der Waals surface area contributed by atoms with E-state index in [-0.39, 0.29) is 5.75 Å². The number of hydrogen-bond acceptors (Lipinski definition) is 3. The molecule has 1 heterocycles. The lowest BCUT2D eigenvalue weighted by atomic mass is 10.4. The minimum atomic E-state index is -3.06. The van der Waals surface area contributed by atoms with Crippen molar-refractivity contribution in [2.24, 2.45) is 0 Å². The highest BCUT2D eigenvalue weighted by Crippen LogP contribution is 2.14. The molecule has 0 bridgehead atoms. The van der Waals surface area contributed by atoms with Gasteiger partial charge in [0.25, 0.3) is 0 Å². The summed E-state index contributed by atoms with van der Waals surface area (Å²) in [6.45, 7) is 4.81. The summed E-state index contributed by atoms with van der Waals surface area (Å²) in [5.74, 6) is 0.242. The Morgan fingerprint density at radius 3 is 2.60 bits per heavy atom. The molecule has 0 spiro atoms. The summed E-state index contributed by atoms with van der Waals surface area (Å²) in [4.78, 5) is 1.09. The molecule has 0 saturated heterocycles. The SMILES string of the molecule is CCCS(=O)(=O)N(CC)Cc1cccs1. The second-order valence-electron chi connectivity index (χ2n) is 3.32. The van der Waals surface area contributed by atoms with Gasteiger partial charge in [0.2, 0.25) is 10.0 Å². The van der Waals surface area contributed by atoms with Crippen molar-refractivity contribution >= 4 is 21.4 Å². The Hall–Kier alpha value is -0.390. The summed E-state index contributed by atoms with van der Waals surface area (Å²) in [6, 6.07) is 3.91. The molecule has 86 valence electrons. The number of hydrogen-bond donors (Lipinski definition) is 0. The fraction of sp³-hybridized carbons (Fsp3) is 0.600. The first kappa shape index (κ1) is 12.7. The van der Waals surface area contributed by atoms with Crippen LogP contribution in [0.3, 0.4) is 0 Å². The summed E-state index contributed by atoms with van der Waals surface area (Å²) < 4.78 is 25.2. The second-order valence-corrected chi connectivity index (χ2v) is 6.44. The van der Waals surface area contributed by atoms with Crippen molar-refractivity contribution in [1.82, 2.24) is 4.31 Å². The standard InChI is InChI=1S/C10H17NO2S2/c1-3-8-15(12,13)11(4-2)9-10-6-5-7-14-10/h5-7H,3-4,8-9H2,1-2H3. The van der Waals surface area contributed by atoms with Gasteiger partial charge in [-0.1, -0.05) is 19.9 Å². The molecule has 15 heavy (non-hydrogen) atoms. The van der Waals surface area contributed by atoms with Gasteiger partial charge in [0.15, 0.2) is 0 Å². The van der Waals surface area contributed by atoms with E-state index in [0.717, 1.165) is 4.88 Å². The molecule has 0 amide bonds. The van der Waals surface area contributed by atoms with Crippen LogP contribution in [0.1, 0.15) is 25.1 Å². The van der Waals surface area contributed by atoms with Gasteiger partial charge in [-0.2, -0.15) is 4.31 Å². The zero-order chi connectivity index (χ0) is 11.3. The van der Waals surface area contributed by atoms with Crippen LogP contribution in [0.5, 0.6) is 0 Å². The highest BCUT2D eigenvalue weighted by atomic mass is 32.2. The monoisotopic (exact) mass is 247 g/mol. The van der Waals surface area contributed by atoms with E-state index in [1.54, 1.807) is 15.6 Å². The van der Waals surface area contributed by atoms with E-state index in [9.17, 15) is 8.42 Å². The van der Waals surface area contributed by atoms with Crippen LogP contribution in [0.25, 0.3) is 0 Å². The molecule has 0 atom stereocenters. The highest BCUT2D eigenvalue weighted by molar-refractivity contribution is 7.89. The quantitative estimate of drug-likeness (QED) is 0.773. The van der Waals surface area contributed by atoms with Crippen molar-refractivity contribution in [3.8, 4) is 0 Å². The molecule has 0 N–H and O–H groups in total. The number of nitrogens with zero attached hydrogens (tertiary/aromatic N) is 1. The number of thiophene rings is 1. The topological polar surface area (TPSA) is 37.4 Å². The van der Waals surface area contributed by atoms with Crippen LogP contribution < -0.4 is 0 Å². The molecule has 0 aliphatic carbocycles. The van der Waals surface area contributed by atoms with Crippen molar-refractivity contribution in [1.29, 1.82) is 0 Å². The first-order valence-electron chi connectivity index (χ1n) is 5.10. The van der Waals surface area contributed by atoms with Crippen LogP contribution in [-0.2, 0) is 16.6 Å². The molecule has 0 radical (unpaired) electrons. The van der Waals surface area contributed by atoms with Crippen LogP contribution in [0.2, 0.25) is 0 Å². The molecule has 0 saturated carbocycles. The molecule has 0 aromatic carbocycles. The van der Waals surface area contributed by atoms with Crippen LogP contribution in [-0.4, -0.2) is 25.0 Å². The van der Waals surface area contributed by atoms with E-state index in [1.165, 1.54) is 0 Å². The summed E-state index contributed by atoms with van der Waals surface area (Å²) in [7, 11) is -3.06. The minimum absolute atomic E-state index is 0.242. The Balaban J connectivity index is 2.72. The average molecular weight is 247 g/mol. The summed E-state index contributed by atoms with van der Waals surface area (Å²) in [5, 5.41) is 1.97. The molecular formula is C10H17NO2S2. The Morgan fingerprint density at radius 2 is 2.13 bits per heavy atom. The van der Waals surface area contributed by atoms with Crippen LogP contribution >= 0.6 is 11.3 Å². The van der Waals surface area contributed by atoms with Gasteiger partial charge < -0.3 is 0 Å². The van der Waals surface area contributed by atoms with Crippen molar-refractivity contribution < 1.29 is 8.42 Å². The maximum Gasteiger partial charge on any atom is 0.214 e. The third kappa shape index (κ3) is 3.59. The van der Waals surface area contributed by atoms with E-state index in [0.29, 0.717) is 19.5 Å². The smallest absolute Gasteiger partial charge is 0.212 e. The van der Waals surface area contributed by atoms with Crippen LogP contribution in [0, 0.1) is 0 Å². The maximum atomic E-state index is 11.8. The van der Waals surface area contributed by atoms with E-state index in [1.807, 2.05) is 31.4 Å². The molecule has 1 aromatic rings. The Morgan fingerprint density at radius 1 is 1.40 bits per heavy atom. The van der Waals surface area contributed by atoms with Crippen molar-refractivity contribution in [3.63, 3.8) is 0 Å². The van der Waals surface area contributed by atoms with Gasteiger partial charge in [-0.05, 0) is 17.9 Å². The van der Waals surface area contributed by atoms with E-state index in [4.69, 9.17) is 0 Å². The maximum absolute atomic E-state index is 11.8. The lowest BCUT2D eigenvalue weighted by molar-refractivity contribution is 0.426. The van der Waals surface area contributed by atoms with E-state index >= 15 is 0 Å². The van der Waals surface area contributed by atoms with Gasteiger partial charge in [-0.25, -0.2) is 8.42 Å². The second kappa shape index (κ2) is 5.63. The third-order valence-corrected chi connectivity index (χ3v) is 5.08. The minimum Gasteiger partial charge on any atom is -0.212 e. The van der Waals surface area contributed by atoms with E-state index < -0.39 is 10.0 Å². The third-order valence-electron chi connectivity index (χ3n) is 2.12. The molecule has 5 heteroatoms. The van der Waals surface area contributed by atoms with Crippen LogP contribution in [0.4, 0.5) is 0 Å². The van der Waals surface area contributed by atoms with Crippen LogP contribution in [0.15, 0.2) is 17.5 Å². The summed E-state index contributed by atoms with van der Waals surface area (Å²) in [5.41, 5.74) is 0. The molecule has 0 aliphatic rings. The molecule has 1 aromatic heterocycles. The fourth-order valence-electron chi connectivity index (χ4n) is 1.37. The Labute approximate surface area is 95.8 Å². The van der Waals surface area contributed by atoms with Gasteiger partial charge in [0.1, 0.15) is 0 Å². The predicted molar refractivity (Wildman–Crippen MR) is 64.5 cm³/mol. The first-order chi connectivity index (χ1) is 7.10. The summed E-state index contributed by atoms with van der Waals surface area (Å²) >= 11 is 1.59. The number of rotatable bonds is 6. The van der Waals surface area contributed by atoms with Gasteiger partial charge in [-0.3, -0.25) is 0 Å². The molecule has 0 unspecified atom stereocenters.